The van der Waals surface area contributed by atoms with Gasteiger partial charge in [-0.25, -0.2) is 8.42 Å². The molecule has 3 aromatic rings. The van der Waals surface area contributed by atoms with Crippen LogP contribution in [0.1, 0.15) is 22.6 Å². The van der Waals surface area contributed by atoms with Crippen molar-refractivity contribution in [1.82, 2.24) is 14.2 Å². The van der Waals surface area contributed by atoms with Crippen molar-refractivity contribution in [2.24, 2.45) is 5.92 Å². The Kier molecular flexibility index (Phi) is 6.81. The van der Waals surface area contributed by atoms with Crippen LogP contribution < -0.4 is 4.90 Å². The molecule has 1 aromatic heterocycles. The van der Waals surface area contributed by atoms with Crippen LogP contribution in [0.5, 0.6) is 0 Å². The van der Waals surface area contributed by atoms with Crippen LogP contribution in [-0.4, -0.2) is 67.8 Å². The predicted octanol–water partition coefficient (Wildman–Crippen LogP) is 3.45. The largest absolute Gasteiger partial charge is 0.368 e. The van der Waals surface area contributed by atoms with Crippen LogP contribution in [-0.2, 0) is 14.8 Å². The van der Waals surface area contributed by atoms with Crippen molar-refractivity contribution >= 4 is 21.6 Å². The number of sulfonamides is 1. The average Bonchev–Trinajstić information content (AvgIpc) is 3.37. The Bertz CT molecular complexity index is 1320. The molecule has 0 saturated carbocycles. The van der Waals surface area contributed by atoms with Gasteiger partial charge in [-0.3, -0.25) is 9.78 Å². The highest BCUT2D eigenvalue weighted by Gasteiger charge is 2.45. The molecule has 2 saturated heterocycles. The molecular weight excluding hydrogens is 472 g/mol. The Balaban J connectivity index is 1.35. The van der Waals surface area contributed by atoms with Crippen LogP contribution in [0.25, 0.3) is 0 Å². The molecule has 0 N–H and O–H groups in total. The molecule has 5 rings (SSSR count). The molecule has 0 radical (unpaired) electrons. The molecule has 2 aromatic carbocycles. The van der Waals surface area contributed by atoms with E-state index in [4.69, 9.17) is 0 Å². The number of amides is 1. The van der Waals surface area contributed by atoms with Gasteiger partial charge >= 0.3 is 0 Å². The zero-order valence-corrected chi connectivity index (χ0v) is 21.6. The van der Waals surface area contributed by atoms with Crippen molar-refractivity contribution in [1.29, 1.82) is 0 Å². The number of rotatable bonds is 5. The van der Waals surface area contributed by atoms with Gasteiger partial charge in [0.05, 0.1) is 5.92 Å². The fourth-order valence-corrected chi connectivity index (χ4v) is 6.82. The maximum Gasteiger partial charge on any atom is 0.244 e. The number of benzene rings is 2. The van der Waals surface area contributed by atoms with E-state index in [2.05, 4.69) is 41.9 Å². The first kappa shape index (κ1) is 24.5. The maximum atomic E-state index is 13.8. The number of aromatic nitrogens is 1. The summed E-state index contributed by atoms with van der Waals surface area (Å²) >= 11 is 0. The Labute approximate surface area is 213 Å². The lowest BCUT2D eigenvalue weighted by atomic mass is 9.88. The summed E-state index contributed by atoms with van der Waals surface area (Å²) in [6.45, 7) is 7.43. The van der Waals surface area contributed by atoms with Crippen molar-refractivity contribution < 1.29 is 13.2 Å². The quantitative estimate of drug-likeness (QED) is 0.532. The van der Waals surface area contributed by atoms with Gasteiger partial charge in [-0.05, 0) is 48.7 Å². The molecule has 7 nitrogen and oxygen atoms in total. The van der Waals surface area contributed by atoms with Crippen LogP contribution in [0.2, 0.25) is 0 Å². The Morgan fingerprint density at radius 3 is 2.36 bits per heavy atom. The van der Waals surface area contributed by atoms with Gasteiger partial charge in [0.2, 0.25) is 15.9 Å². The van der Waals surface area contributed by atoms with Gasteiger partial charge in [0.25, 0.3) is 0 Å². The first-order chi connectivity index (χ1) is 17.3. The minimum atomic E-state index is -3.74. The number of hydrogen-bond acceptors (Lipinski definition) is 5. The number of aryl methyl sites for hydroxylation is 2. The number of piperazine rings is 1. The summed E-state index contributed by atoms with van der Waals surface area (Å²) in [5.74, 6) is -0.582. The van der Waals surface area contributed by atoms with Crippen molar-refractivity contribution in [2.75, 3.05) is 44.2 Å². The van der Waals surface area contributed by atoms with Crippen LogP contribution in [0.4, 0.5) is 5.69 Å². The van der Waals surface area contributed by atoms with Crippen LogP contribution in [0.3, 0.4) is 0 Å². The van der Waals surface area contributed by atoms with E-state index < -0.39 is 15.9 Å². The molecule has 2 atom stereocenters. The zero-order chi connectivity index (χ0) is 25.3. The number of carbonyl (C=O) groups excluding carboxylic acids is 1. The van der Waals surface area contributed by atoms with Crippen LogP contribution >= 0.6 is 0 Å². The predicted molar refractivity (Wildman–Crippen MR) is 140 cm³/mol. The second-order valence-corrected chi connectivity index (χ2v) is 11.7. The number of carbonyl (C=O) groups is 1. The lowest BCUT2D eigenvalue weighted by molar-refractivity contribution is -0.135. The molecule has 2 unspecified atom stereocenters. The highest BCUT2D eigenvalue weighted by Crippen LogP contribution is 2.37. The Morgan fingerprint density at radius 1 is 0.917 bits per heavy atom. The summed E-state index contributed by atoms with van der Waals surface area (Å²) in [6, 6.07) is 19.4. The third kappa shape index (κ3) is 4.75. The van der Waals surface area contributed by atoms with Crippen molar-refractivity contribution in [2.45, 2.75) is 24.7 Å². The number of hydrogen-bond donors (Lipinski definition) is 0. The minimum Gasteiger partial charge on any atom is -0.368 e. The molecule has 2 fully saturated rings. The molecule has 8 heteroatoms. The number of pyridine rings is 1. The summed E-state index contributed by atoms with van der Waals surface area (Å²) in [5.41, 5.74) is 4.67. The molecule has 1 amide bonds. The lowest BCUT2D eigenvalue weighted by Gasteiger charge is -2.38. The van der Waals surface area contributed by atoms with E-state index in [-0.39, 0.29) is 29.8 Å². The second-order valence-electron chi connectivity index (χ2n) is 9.74. The van der Waals surface area contributed by atoms with Crippen molar-refractivity contribution in [3.8, 4) is 0 Å². The summed E-state index contributed by atoms with van der Waals surface area (Å²) < 4.78 is 28.2. The van der Waals surface area contributed by atoms with E-state index in [1.807, 2.05) is 35.2 Å². The number of nitrogens with zero attached hydrogens (tertiary/aromatic N) is 4. The molecule has 188 valence electrons. The van der Waals surface area contributed by atoms with Gasteiger partial charge in [0.1, 0.15) is 4.90 Å². The average molecular weight is 505 g/mol. The highest BCUT2D eigenvalue weighted by molar-refractivity contribution is 7.89. The van der Waals surface area contributed by atoms with E-state index in [1.165, 1.54) is 27.3 Å². The second kappa shape index (κ2) is 10.0. The van der Waals surface area contributed by atoms with E-state index in [0.29, 0.717) is 13.1 Å². The summed E-state index contributed by atoms with van der Waals surface area (Å²) in [5, 5.41) is 0. The van der Waals surface area contributed by atoms with E-state index in [1.54, 1.807) is 18.3 Å². The maximum absolute atomic E-state index is 13.8. The molecule has 2 aliphatic rings. The fraction of sp³-hybridized carbons (Fsp3) is 0.357. The molecule has 0 bridgehead atoms. The normalized spacial score (nSPS) is 21.1. The van der Waals surface area contributed by atoms with E-state index in [0.717, 1.165) is 18.7 Å². The first-order valence-corrected chi connectivity index (χ1v) is 13.8. The van der Waals surface area contributed by atoms with Crippen molar-refractivity contribution in [3.63, 3.8) is 0 Å². The third-order valence-corrected chi connectivity index (χ3v) is 9.22. The summed E-state index contributed by atoms with van der Waals surface area (Å²) in [6.07, 6.45) is 2.93. The standard InChI is InChI=1S/C28H32N4O3S/c1-21-10-11-22(2)27(17-21)30-13-15-31(16-14-30)28(33)26-20-32(19-25(26)23-7-4-3-5-8-23)36(34,35)24-9-6-12-29-18-24/h3-12,17-18,25-26H,13-16,19-20H2,1-2H3. The molecule has 36 heavy (non-hydrogen) atoms. The topological polar surface area (TPSA) is 73.8 Å². The van der Waals surface area contributed by atoms with Gasteiger partial charge in [-0.2, -0.15) is 4.31 Å². The highest BCUT2D eigenvalue weighted by atomic mass is 32.2. The Hall–Kier alpha value is -3.23. The lowest BCUT2D eigenvalue weighted by Crippen LogP contribution is -2.51. The smallest absolute Gasteiger partial charge is 0.244 e. The van der Waals surface area contributed by atoms with Gasteiger partial charge in [-0.15, -0.1) is 0 Å². The number of anilines is 1. The van der Waals surface area contributed by atoms with Crippen LogP contribution in [0, 0.1) is 19.8 Å². The van der Waals surface area contributed by atoms with Crippen LogP contribution in [0.15, 0.2) is 78.0 Å². The third-order valence-electron chi connectivity index (χ3n) is 7.40. The van der Waals surface area contributed by atoms with E-state index in [9.17, 15) is 13.2 Å². The van der Waals surface area contributed by atoms with Gasteiger partial charge in [-0.1, -0.05) is 42.5 Å². The van der Waals surface area contributed by atoms with Gasteiger partial charge in [0.15, 0.2) is 0 Å². The summed E-state index contributed by atoms with van der Waals surface area (Å²) in [4.78, 5) is 22.2. The van der Waals surface area contributed by atoms with E-state index >= 15 is 0 Å². The Morgan fingerprint density at radius 2 is 1.67 bits per heavy atom. The monoisotopic (exact) mass is 504 g/mol. The molecule has 0 spiro atoms. The molecule has 2 aliphatic heterocycles. The molecule has 3 heterocycles. The fourth-order valence-electron chi connectivity index (χ4n) is 5.36. The minimum absolute atomic E-state index is 0.0355. The molecule has 0 aliphatic carbocycles. The van der Waals surface area contributed by atoms with Gasteiger partial charge in [0, 0.05) is 63.3 Å². The van der Waals surface area contributed by atoms with Gasteiger partial charge < -0.3 is 9.80 Å². The molecular formula is C28H32N4O3S. The zero-order valence-electron chi connectivity index (χ0n) is 20.7. The van der Waals surface area contributed by atoms with Crippen molar-refractivity contribution in [3.05, 3.63) is 89.7 Å². The first-order valence-electron chi connectivity index (χ1n) is 12.4. The SMILES string of the molecule is Cc1ccc(C)c(N2CCN(C(=O)C3CN(S(=O)(=O)c4cccnc4)CC3c3ccccc3)CC2)c1. The summed E-state index contributed by atoms with van der Waals surface area (Å²) in [7, 11) is -3.74.